The van der Waals surface area contributed by atoms with E-state index in [1.807, 2.05) is 49.4 Å². The number of nitrogens with zero attached hydrogens (tertiary/aromatic N) is 2. The molecule has 0 bridgehead atoms. The lowest BCUT2D eigenvalue weighted by Gasteiger charge is -2.22. The van der Waals surface area contributed by atoms with E-state index in [0.29, 0.717) is 25.1 Å². The minimum absolute atomic E-state index is 0.135. The molecule has 0 atom stereocenters. The topological polar surface area (TPSA) is 86.8 Å². The minimum atomic E-state index is -3.61. The van der Waals surface area contributed by atoms with Gasteiger partial charge >= 0.3 is 0 Å². The van der Waals surface area contributed by atoms with Crippen molar-refractivity contribution in [3.05, 3.63) is 90.0 Å². The van der Waals surface area contributed by atoms with Gasteiger partial charge in [0.15, 0.2) is 0 Å². The van der Waals surface area contributed by atoms with Crippen LogP contribution in [0.3, 0.4) is 0 Å². The summed E-state index contributed by atoms with van der Waals surface area (Å²) in [6, 6.07) is 23.9. The molecule has 1 fully saturated rings. The van der Waals surface area contributed by atoms with Gasteiger partial charge in [-0.05, 0) is 48.7 Å². The highest BCUT2D eigenvalue weighted by atomic mass is 32.2. The zero-order valence-corrected chi connectivity index (χ0v) is 20.5. The van der Waals surface area contributed by atoms with Crippen LogP contribution < -0.4 is 5.32 Å². The number of amides is 2. The van der Waals surface area contributed by atoms with Crippen LogP contribution in [0.5, 0.6) is 0 Å². The maximum atomic E-state index is 13.0. The number of carbonyl (C=O) groups excluding carboxylic acids is 2. The van der Waals surface area contributed by atoms with Gasteiger partial charge in [-0.3, -0.25) is 9.59 Å². The second-order valence-corrected chi connectivity index (χ2v) is 10.5. The standard InChI is InChI=1S/C27H29N3O4S/c1-21-8-14-25(15-9-21)35(33,34)30-17-5-16-29(18-19-30)26(31)20-28-27(32)24-12-10-23(11-13-24)22-6-3-2-4-7-22/h2-4,6-15H,5,16-20H2,1H3,(H,28,32). The number of nitrogens with one attached hydrogen (secondary N) is 1. The van der Waals surface area contributed by atoms with Crippen LogP contribution in [0.25, 0.3) is 11.1 Å². The first kappa shape index (κ1) is 24.6. The van der Waals surface area contributed by atoms with E-state index in [1.54, 1.807) is 41.3 Å². The van der Waals surface area contributed by atoms with Gasteiger partial charge in [-0.25, -0.2) is 8.42 Å². The SMILES string of the molecule is Cc1ccc(S(=O)(=O)N2CCCN(C(=O)CNC(=O)c3ccc(-c4ccccc4)cc3)CC2)cc1. The van der Waals surface area contributed by atoms with Gasteiger partial charge in [0.1, 0.15) is 0 Å². The average Bonchev–Trinajstić information content (AvgIpc) is 3.15. The smallest absolute Gasteiger partial charge is 0.251 e. The molecule has 1 aliphatic rings. The highest BCUT2D eigenvalue weighted by molar-refractivity contribution is 7.89. The van der Waals surface area contributed by atoms with E-state index in [9.17, 15) is 18.0 Å². The molecule has 0 aromatic heterocycles. The molecule has 0 radical (unpaired) electrons. The van der Waals surface area contributed by atoms with Crippen molar-refractivity contribution in [1.29, 1.82) is 0 Å². The second kappa shape index (κ2) is 10.8. The summed E-state index contributed by atoms with van der Waals surface area (Å²) in [5.41, 5.74) is 3.54. The predicted molar refractivity (Wildman–Crippen MR) is 135 cm³/mol. The van der Waals surface area contributed by atoms with E-state index in [-0.39, 0.29) is 36.3 Å². The molecule has 1 heterocycles. The number of sulfonamides is 1. The van der Waals surface area contributed by atoms with E-state index < -0.39 is 10.0 Å². The molecule has 3 aromatic carbocycles. The lowest BCUT2D eigenvalue weighted by molar-refractivity contribution is -0.129. The molecule has 182 valence electrons. The molecule has 1 N–H and O–H groups in total. The third-order valence-electron chi connectivity index (χ3n) is 6.12. The van der Waals surface area contributed by atoms with Crippen LogP contribution in [0.4, 0.5) is 0 Å². The molecule has 8 heteroatoms. The van der Waals surface area contributed by atoms with Gasteiger partial charge in [-0.2, -0.15) is 4.31 Å². The zero-order chi connectivity index (χ0) is 24.8. The molecule has 0 aliphatic carbocycles. The Morgan fingerprint density at radius 2 is 1.46 bits per heavy atom. The Kier molecular flexibility index (Phi) is 7.63. The summed E-state index contributed by atoms with van der Waals surface area (Å²) in [5.74, 6) is -0.551. The van der Waals surface area contributed by atoms with Gasteiger partial charge < -0.3 is 10.2 Å². The molecule has 1 aliphatic heterocycles. The fourth-order valence-electron chi connectivity index (χ4n) is 4.06. The lowest BCUT2D eigenvalue weighted by atomic mass is 10.0. The van der Waals surface area contributed by atoms with Crippen molar-refractivity contribution >= 4 is 21.8 Å². The predicted octanol–water partition coefficient (Wildman–Crippen LogP) is 3.32. The van der Waals surface area contributed by atoms with E-state index >= 15 is 0 Å². The Morgan fingerprint density at radius 3 is 2.14 bits per heavy atom. The van der Waals surface area contributed by atoms with E-state index in [1.165, 1.54) is 4.31 Å². The van der Waals surface area contributed by atoms with Crippen LogP contribution in [-0.2, 0) is 14.8 Å². The molecule has 3 aromatic rings. The summed E-state index contributed by atoms with van der Waals surface area (Å²) < 4.78 is 27.4. The molecule has 2 amide bonds. The number of rotatable bonds is 6. The maximum Gasteiger partial charge on any atom is 0.251 e. The molecule has 0 saturated carbocycles. The van der Waals surface area contributed by atoms with Gasteiger partial charge in [0.25, 0.3) is 5.91 Å². The minimum Gasteiger partial charge on any atom is -0.343 e. The first-order valence-corrected chi connectivity index (χ1v) is 13.1. The van der Waals surface area contributed by atoms with Gasteiger partial charge in [0.05, 0.1) is 11.4 Å². The summed E-state index contributed by atoms with van der Waals surface area (Å²) in [6.07, 6.45) is 0.533. The van der Waals surface area contributed by atoms with Crippen LogP contribution >= 0.6 is 0 Å². The zero-order valence-electron chi connectivity index (χ0n) is 19.7. The highest BCUT2D eigenvalue weighted by Gasteiger charge is 2.28. The van der Waals surface area contributed by atoms with Crippen LogP contribution in [0.2, 0.25) is 0 Å². The van der Waals surface area contributed by atoms with Crippen LogP contribution in [0, 0.1) is 6.92 Å². The molecular weight excluding hydrogens is 462 g/mol. The first-order valence-electron chi connectivity index (χ1n) is 11.6. The van der Waals surface area contributed by atoms with E-state index in [4.69, 9.17) is 0 Å². The Morgan fingerprint density at radius 1 is 0.800 bits per heavy atom. The van der Waals surface area contributed by atoms with Crippen molar-refractivity contribution in [3.63, 3.8) is 0 Å². The molecule has 4 rings (SSSR count). The first-order chi connectivity index (χ1) is 16.8. The molecule has 0 unspecified atom stereocenters. The number of hydrogen-bond donors (Lipinski definition) is 1. The highest BCUT2D eigenvalue weighted by Crippen LogP contribution is 2.20. The van der Waals surface area contributed by atoms with E-state index in [0.717, 1.165) is 16.7 Å². The molecule has 1 saturated heterocycles. The summed E-state index contributed by atoms with van der Waals surface area (Å²) in [6.45, 7) is 3.07. The Labute approximate surface area is 206 Å². The summed E-state index contributed by atoms with van der Waals surface area (Å²) in [5, 5.41) is 2.69. The van der Waals surface area contributed by atoms with Crippen LogP contribution in [0.1, 0.15) is 22.3 Å². The van der Waals surface area contributed by atoms with Crippen LogP contribution in [-0.4, -0.2) is 62.2 Å². The van der Waals surface area contributed by atoms with Gasteiger partial charge in [0.2, 0.25) is 15.9 Å². The molecular formula is C27H29N3O4S. The Bertz CT molecular complexity index is 1270. The molecule has 0 spiro atoms. The Hall–Kier alpha value is -3.49. The van der Waals surface area contributed by atoms with Crippen molar-refractivity contribution < 1.29 is 18.0 Å². The molecule has 35 heavy (non-hydrogen) atoms. The van der Waals surface area contributed by atoms with Crippen molar-refractivity contribution in [3.8, 4) is 11.1 Å². The number of benzene rings is 3. The molecule has 7 nitrogen and oxygen atoms in total. The van der Waals surface area contributed by atoms with Gasteiger partial charge in [-0.1, -0.05) is 60.2 Å². The van der Waals surface area contributed by atoms with Crippen molar-refractivity contribution in [2.45, 2.75) is 18.2 Å². The van der Waals surface area contributed by atoms with Crippen LogP contribution in [0.15, 0.2) is 83.8 Å². The number of aryl methyl sites for hydroxylation is 1. The third-order valence-corrected chi connectivity index (χ3v) is 8.03. The van der Waals surface area contributed by atoms with E-state index in [2.05, 4.69) is 5.32 Å². The lowest BCUT2D eigenvalue weighted by Crippen LogP contribution is -2.42. The van der Waals surface area contributed by atoms with Crippen molar-refractivity contribution in [2.24, 2.45) is 0 Å². The maximum absolute atomic E-state index is 13.0. The second-order valence-electron chi connectivity index (χ2n) is 8.58. The summed E-state index contributed by atoms with van der Waals surface area (Å²) in [7, 11) is -3.61. The van der Waals surface area contributed by atoms with Crippen molar-refractivity contribution in [1.82, 2.24) is 14.5 Å². The largest absolute Gasteiger partial charge is 0.343 e. The summed E-state index contributed by atoms with van der Waals surface area (Å²) in [4.78, 5) is 27.1. The monoisotopic (exact) mass is 491 g/mol. The summed E-state index contributed by atoms with van der Waals surface area (Å²) >= 11 is 0. The fourth-order valence-corrected chi connectivity index (χ4v) is 5.53. The van der Waals surface area contributed by atoms with Gasteiger partial charge in [-0.15, -0.1) is 0 Å². The average molecular weight is 492 g/mol. The normalized spacial score (nSPS) is 14.8. The quantitative estimate of drug-likeness (QED) is 0.573. The van der Waals surface area contributed by atoms with Gasteiger partial charge in [0, 0.05) is 31.7 Å². The number of carbonyl (C=O) groups is 2. The third kappa shape index (κ3) is 5.96. The van der Waals surface area contributed by atoms with Crippen molar-refractivity contribution in [2.75, 3.05) is 32.7 Å². The Balaban J connectivity index is 1.31. The fraction of sp³-hybridized carbons (Fsp3) is 0.259. The number of hydrogen-bond acceptors (Lipinski definition) is 4.